The minimum absolute atomic E-state index is 0.161. The van der Waals surface area contributed by atoms with E-state index in [1.165, 1.54) is 6.07 Å². The first kappa shape index (κ1) is 16.8. The predicted molar refractivity (Wildman–Crippen MR) is 79.7 cm³/mol. The van der Waals surface area contributed by atoms with Crippen LogP contribution in [0.2, 0.25) is 0 Å². The third kappa shape index (κ3) is 4.48. The number of nitrogens with one attached hydrogen (secondary N) is 1. The van der Waals surface area contributed by atoms with Gasteiger partial charge >= 0.3 is 0 Å². The second-order valence-corrected chi connectivity index (χ2v) is 5.95. The highest BCUT2D eigenvalue weighted by atomic mass is 19.1. The van der Waals surface area contributed by atoms with Crippen LogP contribution in [0.4, 0.5) is 8.78 Å². The van der Waals surface area contributed by atoms with Gasteiger partial charge in [-0.25, -0.2) is 8.78 Å². The Morgan fingerprint density at radius 1 is 1.41 bits per heavy atom. The number of benzene rings is 1. The lowest BCUT2D eigenvalue weighted by Gasteiger charge is -2.33. The van der Waals surface area contributed by atoms with Crippen LogP contribution in [0.5, 0.6) is 0 Å². The lowest BCUT2D eigenvalue weighted by molar-refractivity contribution is -0.0296. The van der Waals surface area contributed by atoms with E-state index in [1.807, 2.05) is 0 Å². The van der Waals surface area contributed by atoms with Crippen molar-refractivity contribution >= 4 is 5.91 Å². The van der Waals surface area contributed by atoms with Gasteiger partial charge in [0.2, 0.25) is 0 Å². The summed E-state index contributed by atoms with van der Waals surface area (Å²) in [5, 5.41) is 2.55. The van der Waals surface area contributed by atoms with Gasteiger partial charge in [0.05, 0.1) is 12.7 Å². The molecule has 0 spiro atoms. The van der Waals surface area contributed by atoms with Crippen LogP contribution in [-0.2, 0) is 4.74 Å². The number of nitrogens with zero attached hydrogens (tertiary/aromatic N) is 1. The zero-order valence-electron chi connectivity index (χ0n) is 12.9. The topological polar surface area (TPSA) is 41.6 Å². The zero-order chi connectivity index (χ0) is 16.1. The maximum absolute atomic E-state index is 13.5. The number of hydrogen-bond acceptors (Lipinski definition) is 3. The van der Waals surface area contributed by atoms with Gasteiger partial charge in [-0.3, -0.25) is 9.69 Å². The molecule has 2 rings (SSSR count). The Bertz CT molecular complexity index is 503. The molecule has 0 bridgehead atoms. The Morgan fingerprint density at radius 2 is 2.09 bits per heavy atom. The molecule has 1 fully saturated rings. The Hall–Kier alpha value is -1.53. The van der Waals surface area contributed by atoms with Crippen LogP contribution < -0.4 is 5.32 Å². The second kappa shape index (κ2) is 7.65. The Balaban J connectivity index is 1.88. The Labute approximate surface area is 129 Å². The first-order chi connectivity index (χ1) is 10.5. The second-order valence-electron chi connectivity index (χ2n) is 5.95. The van der Waals surface area contributed by atoms with Crippen molar-refractivity contribution < 1.29 is 18.3 Å². The van der Waals surface area contributed by atoms with Crippen molar-refractivity contribution in [1.29, 1.82) is 0 Å². The van der Waals surface area contributed by atoms with Gasteiger partial charge in [-0.2, -0.15) is 0 Å². The molecule has 1 unspecified atom stereocenters. The van der Waals surface area contributed by atoms with Crippen molar-refractivity contribution in [1.82, 2.24) is 10.2 Å². The number of ether oxygens (including phenoxy) is 1. The summed E-state index contributed by atoms with van der Waals surface area (Å²) in [5.41, 5.74) is -0.544. The highest BCUT2D eigenvalue weighted by Gasteiger charge is 2.23. The van der Waals surface area contributed by atoms with Crippen molar-refractivity contribution in [3.05, 3.63) is 35.4 Å². The number of hydrogen-bond donors (Lipinski definition) is 1. The molecule has 1 N–H and O–H groups in total. The number of carbonyl (C=O) groups excluding carboxylic acids is 1. The van der Waals surface area contributed by atoms with Crippen molar-refractivity contribution in [2.75, 3.05) is 32.8 Å². The molecule has 1 aromatic carbocycles. The van der Waals surface area contributed by atoms with E-state index in [0.29, 0.717) is 19.1 Å². The van der Waals surface area contributed by atoms with E-state index >= 15 is 0 Å². The van der Waals surface area contributed by atoms with Crippen LogP contribution in [-0.4, -0.2) is 49.7 Å². The lowest BCUT2D eigenvalue weighted by atomic mass is 10.1. The minimum atomic E-state index is -0.858. The molecule has 0 saturated carbocycles. The maximum atomic E-state index is 13.5. The standard InChI is InChI=1S/C16H22F2N2O2/c1-11(2)9-20-6-7-22-12(10-20)8-19-16(21)15-13(17)4-3-5-14(15)18/h3-5,11-12H,6-10H2,1-2H3,(H,19,21). The molecule has 1 saturated heterocycles. The molecule has 22 heavy (non-hydrogen) atoms. The maximum Gasteiger partial charge on any atom is 0.257 e. The molecule has 1 heterocycles. The number of morpholine rings is 1. The Kier molecular flexibility index (Phi) is 5.85. The summed E-state index contributed by atoms with van der Waals surface area (Å²) in [5.74, 6) is -1.91. The smallest absolute Gasteiger partial charge is 0.257 e. The number of rotatable bonds is 5. The van der Waals surface area contributed by atoms with Crippen LogP contribution in [0.25, 0.3) is 0 Å². The molecule has 1 aromatic rings. The van der Waals surface area contributed by atoms with Gasteiger partial charge in [0.15, 0.2) is 0 Å². The summed E-state index contributed by atoms with van der Waals surface area (Å²) >= 11 is 0. The summed E-state index contributed by atoms with van der Waals surface area (Å²) in [4.78, 5) is 14.2. The highest BCUT2D eigenvalue weighted by Crippen LogP contribution is 2.12. The molecule has 0 aromatic heterocycles. The SMILES string of the molecule is CC(C)CN1CCOC(CNC(=O)c2c(F)cccc2F)C1. The highest BCUT2D eigenvalue weighted by molar-refractivity contribution is 5.94. The number of halogens is 2. The number of amides is 1. The predicted octanol–water partition coefficient (Wildman–Crippen LogP) is 2.05. The van der Waals surface area contributed by atoms with E-state index in [2.05, 4.69) is 24.1 Å². The van der Waals surface area contributed by atoms with Crippen LogP contribution in [0.15, 0.2) is 18.2 Å². The molecular weight excluding hydrogens is 290 g/mol. The fraction of sp³-hybridized carbons (Fsp3) is 0.562. The molecule has 1 amide bonds. The normalized spacial score (nSPS) is 19.4. The van der Waals surface area contributed by atoms with E-state index in [9.17, 15) is 13.6 Å². The average Bonchev–Trinajstić information content (AvgIpc) is 2.44. The van der Waals surface area contributed by atoms with Crippen LogP contribution in [0.3, 0.4) is 0 Å². The van der Waals surface area contributed by atoms with E-state index < -0.39 is 23.1 Å². The number of carbonyl (C=O) groups is 1. The van der Waals surface area contributed by atoms with Gasteiger partial charge in [0.1, 0.15) is 17.2 Å². The minimum Gasteiger partial charge on any atom is -0.374 e. The van der Waals surface area contributed by atoms with Gasteiger partial charge in [-0.05, 0) is 18.1 Å². The van der Waals surface area contributed by atoms with Gasteiger partial charge < -0.3 is 10.1 Å². The van der Waals surface area contributed by atoms with E-state index in [-0.39, 0.29) is 12.6 Å². The monoisotopic (exact) mass is 312 g/mol. The van der Waals surface area contributed by atoms with Crippen LogP contribution >= 0.6 is 0 Å². The third-order valence-electron chi connectivity index (χ3n) is 3.53. The van der Waals surface area contributed by atoms with Crippen molar-refractivity contribution in [2.24, 2.45) is 5.92 Å². The summed E-state index contributed by atoms with van der Waals surface area (Å²) in [6.07, 6.45) is -0.161. The summed E-state index contributed by atoms with van der Waals surface area (Å²) < 4.78 is 32.7. The molecule has 6 heteroatoms. The zero-order valence-corrected chi connectivity index (χ0v) is 12.9. The third-order valence-corrected chi connectivity index (χ3v) is 3.53. The fourth-order valence-electron chi connectivity index (χ4n) is 2.60. The van der Waals surface area contributed by atoms with E-state index in [0.717, 1.165) is 25.2 Å². The van der Waals surface area contributed by atoms with Crippen LogP contribution in [0, 0.1) is 17.6 Å². The Morgan fingerprint density at radius 3 is 2.73 bits per heavy atom. The molecule has 1 atom stereocenters. The molecule has 1 aliphatic rings. The summed E-state index contributed by atoms with van der Waals surface area (Å²) in [6, 6.07) is 3.37. The average molecular weight is 312 g/mol. The molecule has 122 valence electrons. The quantitative estimate of drug-likeness (QED) is 0.905. The van der Waals surface area contributed by atoms with Gasteiger partial charge in [0, 0.05) is 26.2 Å². The molecule has 0 radical (unpaired) electrons. The lowest BCUT2D eigenvalue weighted by Crippen LogP contribution is -2.48. The van der Waals surface area contributed by atoms with Gasteiger partial charge in [0.25, 0.3) is 5.91 Å². The first-order valence-corrected chi connectivity index (χ1v) is 7.53. The van der Waals surface area contributed by atoms with Crippen molar-refractivity contribution in [2.45, 2.75) is 20.0 Å². The van der Waals surface area contributed by atoms with E-state index in [1.54, 1.807) is 0 Å². The largest absolute Gasteiger partial charge is 0.374 e. The molecule has 1 aliphatic heterocycles. The van der Waals surface area contributed by atoms with E-state index in [4.69, 9.17) is 4.74 Å². The summed E-state index contributed by atoms with van der Waals surface area (Å²) in [6.45, 7) is 7.67. The van der Waals surface area contributed by atoms with Gasteiger partial charge in [-0.1, -0.05) is 19.9 Å². The van der Waals surface area contributed by atoms with Gasteiger partial charge in [-0.15, -0.1) is 0 Å². The molecular formula is C16H22F2N2O2. The van der Waals surface area contributed by atoms with Crippen molar-refractivity contribution in [3.63, 3.8) is 0 Å². The van der Waals surface area contributed by atoms with Crippen LogP contribution in [0.1, 0.15) is 24.2 Å². The molecule has 0 aliphatic carbocycles. The summed E-state index contributed by atoms with van der Waals surface area (Å²) in [7, 11) is 0. The fourth-order valence-corrected chi connectivity index (χ4v) is 2.60. The molecule has 4 nitrogen and oxygen atoms in total. The first-order valence-electron chi connectivity index (χ1n) is 7.53. The van der Waals surface area contributed by atoms with Crippen molar-refractivity contribution in [3.8, 4) is 0 Å².